The van der Waals surface area contributed by atoms with Crippen LogP contribution in [0.15, 0.2) is 24.3 Å². The van der Waals surface area contributed by atoms with E-state index in [0.717, 1.165) is 41.4 Å². The summed E-state index contributed by atoms with van der Waals surface area (Å²) in [5, 5.41) is 9.36. The molecule has 5 nitrogen and oxygen atoms in total. The molecule has 0 saturated heterocycles. The fraction of sp³-hybridized carbons (Fsp3) is 0.375. The quantitative estimate of drug-likeness (QED) is 0.942. The van der Waals surface area contributed by atoms with Crippen molar-refractivity contribution in [2.75, 3.05) is 7.11 Å². The van der Waals surface area contributed by atoms with Crippen LogP contribution >= 0.6 is 0 Å². The van der Waals surface area contributed by atoms with E-state index >= 15 is 0 Å². The maximum atomic E-state index is 11.4. The minimum atomic E-state index is -0.782. The van der Waals surface area contributed by atoms with E-state index in [9.17, 15) is 9.90 Å². The molecular formula is C16H18N2O3. The summed E-state index contributed by atoms with van der Waals surface area (Å²) in [6.07, 6.45) is 2.45. The summed E-state index contributed by atoms with van der Waals surface area (Å²) in [5.41, 5.74) is 2.73. The van der Waals surface area contributed by atoms with Gasteiger partial charge in [0, 0.05) is 18.3 Å². The molecule has 1 aromatic carbocycles. The second kappa shape index (κ2) is 5.24. The predicted molar refractivity (Wildman–Crippen MR) is 78.5 cm³/mol. The van der Waals surface area contributed by atoms with Crippen LogP contribution in [0.3, 0.4) is 0 Å². The molecule has 1 N–H and O–H groups in total. The molecule has 1 aromatic heterocycles. The second-order valence-electron chi connectivity index (χ2n) is 5.34. The zero-order valence-corrected chi connectivity index (χ0v) is 12.2. The van der Waals surface area contributed by atoms with Crippen molar-refractivity contribution in [1.82, 2.24) is 9.55 Å². The van der Waals surface area contributed by atoms with Gasteiger partial charge in [-0.1, -0.05) is 0 Å². The van der Waals surface area contributed by atoms with E-state index < -0.39 is 11.9 Å². The number of rotatable bonds is 3. The van der Waals surface area contributed by atoms with E-state index in [1.54, 1.807) is 7.11 Å². The summed E-state index contributed by atoms with van der Waals surface area (Å²) in [5.74, 6) is 0.346. The molecule has 0 radical (unpaired) electrons. The molecule has 1 heterocycles. The summed E-state index contributed by atoms with van der Waals surface area (Å²) in [4.78, 5) is 16.0. The lowest BCUT2D eigenvalue weighted by atomic mass is 9.90. The molecule has 1 aliphatic rings. The van der Waals surface area contributed by atoms with Gasteiger partial charge in [0.15, 0.2) is 0 Å². The highest BCUT2D eigenvalue weighted by Crippen LogP contribution is 2.34. The van der Waals surface area contributed by atoms with Crippen LogP contribution in [-0.2, 0) is 18.3 Å². The minimum absolute atomic E-state index is 0.480. The first kappa shape index (κ1) is 13.7. The number of fused-ring (bicyclic) bond motifs is 1. The van der Waals surface area contributed by atoms with Crippen LogP contribution in [0.2, 0.25) is 0 Å². The molecule has 1 unspecified atom stereocenters. The van der Waals surface area contributed by atoms with E-state index in [0.29, 0.717) is 6.42 Å². The van der Waals surface area contributed by atoms with Gasteiger partial charge in [-0.05, 0) is 43.5 Å². The van der Waals surface area contributed by atoms with E-state index in [4.69, 9.17) is 4.74 Å². The highest BCUT2D eigenvalue weighted by molar-refractivity contribution is 5.76. The SMILES string of the molecule is COc1ccc(-c2nc3c(n2C)CCCC3C(=O)O)cc1. The topological polar surface area (TPSA) is 64.4 Å². The van der Waals surface area contributed by atoms with Crippen LogP contribution in [0.1, 0.15) is 30.1 Å². The molecular weight excluding hydrogens is 268 g/mol. The Hall–Kier alpha value is -2.30. The Balaban J connectivity index is 2.06. The van der Waals surface area contributed by atoms with Gasteiger partial charge in [-0.15, -0.1) is 0 Å². The van der Waals surface area contributed by atoms with Crippen molar-refractivity contribution in [3.63, 3.8) is 0 Å². The Morgan fingerprint density at radius 1 is 1.38 bits per heavy atom. The molecule has 110 valence electrons. The van der Waals surface area contributed by atoms with Crippen LogP contribution in [0.4, 0.5) is 0 Å². The second-order valence-corrected chi connectivity index (χ2v) is 5.34. The van der Waals surface area contributed by atoms with E-state index in [1.807, 2.05) is 35.9 Å². The molecule has 3 rings (SSSR count). The Bertz CT molecular complexity index is 674. The molecule has 0 spiro atoms. The Morgan fingerprint density at radius 3 is 2.71 bits per heavy atom. The summed E-state index contributed by atoms with van der Waals surface area (Å²) in [6, 6.07) is 7.67. The van der Waals surface area contributed by atoms with Crippen LogP contribution < -0.4 is 4.74 Å². The number of carbonyl (C=O) groups is 1. The first-order valence-corrected chi connectivity index (χ1v) is 7.04. The maximum Gasteiger partial charge on any atom is 0.312 e. The first-order valence-electron chi connectivity index (χ1n) is 7.04. The van der Waals surface area contributed by atoms with Gasteiger partial charge < -0.3 is 14.4 Å². The van der Waals surface area contributed by atoms with E-state index in [2.05, 4.69) is 4.98 Å². The summed E-state index contributed by atoms with van der Waals surface area (Å²) in [7, 11) is 3.58. The van der Waals surface area contributed by atoms with Crippen LogP contribution in [0.5, 0.6) is 5.75 Å². The normalized spacial score (nSPS) is 17.3. The smallest absolute Gasteiger partial charge is 0.312 e. The monoisotopic (exact) mass is 286 g/mol. The number of carboxylic acid groups (broad SMARTS) is 1. The predicted octanol–water partition coefficient (Wildman–Crippen LogP) is 2.60. The van der Waals surface area contributed by atoms with Gasteiger partial charge in [0.25, 0.3) is 0 Å². The minimum Gasteiger partial charge on any atom is -0.497 e. The molecule has 0 fully saturated rings. The summed E-state index contributed by atoms with van der Waals surface area (Å²) in [6.45, 7) is 0. The number of carboxylic acids is 1. The number of ether oxygens (including phenoxy) is 1. The van der Waals surface area contributed by atoms with E-state index in [-0.39, 0.29) is 0 Å². The van der Waals surface area contributed by atoms with Crippen LogP contribution in [-0.4, -0.2) is 27.7 Å². The zero-order chi connectivity index (χ0) is 15.0. The van der Waals surface area contributed by atoms with Crippen molar-refractivity contribution in [2.45, 2.75) is 25.2 Å². The lowest BCUT2D eigenvalue weighted by Crippen LogP contribution is -2.18. The molecule has 21 heavy (non-hydrogen) atoms. The number of nitrogens with zero attached hydrogens (tertiary/aromatic N) is 2. The fourth-order valence-corrected chi connectivity index (χ4v) is 2.98. The molecule has 1 atom stereocenters. The van der Waals surface area contributed by atoms with Crippen LogP contribution in [0, 0.1) is 0 Å². The number of aliphatic carboxylic acids is 1. The number of hydrogen-bond donors (Lipinski definition) is 1. The van der Waals surface area contributed by atoms with Crippen molar-refractivity contribution in [3.8, 4) is 17.1 Å². The van der Waals surface area contributed by atoms with E-state index in [1.165, 1.54) is 0 Å². The average molecular weight is 286 g/mol. The first-order chi connectivity index (χ1) is 10.1. The number of imidazole rings is 1. The van der Waals surface area contributed by atoms with Gasteiger partial charge in [0.05, 0.1) is 12.8 Å². The number of benzene rings is 1. The largest absolute Gasteiger partial charge is 0.497 e. The van der Waals surface area contributed by atoms with Crippen molar-refractivity contribution in [1.29, 1.82) is 0 Å². The van der Waals surface area contributed by atoms with Gasteiger partial charge in [-0.25, -0.2) is 4.98 Å². The zero-order valence-electron chi connectivity index (χ0n) is 12.2. The average Bonchev–Trinajstić information content (AvgIpc) is 2.84. The molecule has 0 amide bonds. The van der Waals surface area contributed by atoms with Crippen molar-refractivity contribution < 1.29 is 14.6 Å². The molecule has 5 heteroatoms. The van der Waals surface area contributed by atoms with Crippen LogP contribution in [0.25, 0.3) is 11.4 Å². The van der Waals surface area contributed by atoms with Crippen molar-refractivity contribution >= 4 is 5.97 Å². The van der Waals surface area contributed by atoms with Gasteiger partial charge in [-0.2, -0.15) is 0 Å². The van der Waals surface area contributed by atoms with Crippen molar-refractivity contribution in [2.24, 2.45) is 7.05 Å². The van der Waals surface area contributed by atoms with Crippen molar-refractivity contribution in [3.05, 3.63) is 35.7 Å². The molecule has 1 aliphatic carbocycles. The Labute approximate surface area is 123 Å². The number of hydrogen-bond acceptors (Lipinski definition) is 3. The summed E-state index contributed by atoms with van der Waals surface area (Å²) < 4.78 is 7.18. The molecule has 0 bridgehead atoms. The third-order valence-electron chi connectivity index (χ3n) is 4.13. The Kier molecular flexibility index (Phi) is 3.41. The maximum absolute atomic E-state index is 11.4. The highest BCUT2D eigenvalue weighted by atomic mass is 16.5. The van der Waals surface area contributed by atoms with Gasteiger partial charge in [0.1, 0.15) is 17.5 Å². The lowest BCUT2D eigenvalue weighted by molar-refractivity contribution is -0.139. The molecule has 2 aromatic rings. The lowest BCUT2D eigenvalue weighted by Gasteiger charge is -2.18. The van der Waals surface area contributed by atoms with Gasteiger partial charge >= 0.3 is 5.97 Å². The third-order valence-corrected chi connectivity index (χ3v) is 4.13. The number of methoxy groups -OCH3 is 1. The van der Waals surface area contributed by atoms with Gasteiger partial charge in [-0.3, -0.25) is 4.79 Å². The summed E-state index contributed by atoms with van der Waals surface area (Å²) >= 11 is 0. The molecule has 0 aliphatic heterocycles. The highest BCUT2D eigenvalue weighted by Gasteiger charge is 2.31. The number of aromatic nitrogens is 2. The fourth-order valence-electron chi connectivity index (χ4n) is 2.98. The third kappa shape index (κ3) is 2.28. The standard InChI is InChI=1S/C16H18N2O3/c1-18-13-5-3-4-12(16(19)20)14(13)17-15(18)10-6-8-11(21-2)9-7-10/h6-9,12H,3-5H2,1-2H3,(H,19,20). The van der Waals surface area contributed by atoms with Gasteiger partial charge in [0.2, 0.25) is 0 Å². The molecule has 0 saturated carbocycles. The Morgan fingerprint density at radius 2 is 2.10 bits per heavy atom.